The monoisotopic (exact) mass is 259 g/mol. The molecule has 2 aliphatic heterocycles. The number of fused-ring (bicyclic) bond motifs is 1. The summed E-state index contributed by atoms with van der Waals surface area (Å²) in [4.78, 5) is 25.4. The van der Waals surface area contributed by atoms with Gasteiger partial charge in [0, 0.05) is 24.3 Å². The summed E-state index contributed by atoms with van der Waals surface area (Å²) >= 11 is 0. The largest absolute Gasteiger partial charge is 0.384 e. The third kappa shape index (κ3) is 2.05. The van der Waals surface area contributed by atoms with Crippen LogP contribution in [0.5, 0.6) is 0 Å². The van der Waals surface area contributed by atoms with Crippen molar-refractivity contribution in [3.8, 4) is 0 Å². The quantitative estimate of drug-likeness (QED) is 0.822. The molecule has 5 nitrogen and oxygen atoms in total. The van der Waals surface area contributed by atoms with Crippen molar-refractivity contribution in [2.45, 2.75) is 25.3 Å². The van der Waals surface area contributed by atoms with E-state index in [1.165, 1.54) is 5.56 Å². The van der Waals surface area contributed by atoms with Crippen LogP contribution >= 0.6 is 0 Å². The lowest BCUT2D eigenvalue weighted by atomic mass is 10.1. The normalized spacial score (nSPS) is 21.1. The molecule has 3 N–H and O–H groups in total. The molecule has 1 aromatic rings. The first kappa shape index (κ1) is 12.0. The van der Waals surface area contributed by atoms with Crippen molar-refractivity contribution in [2.75, 3.05) is 18.4 Å². The molecule has 2 amide bonds. The first-order chi connectivity index (χ1) is 9.16. The van der Waals surface area contributed by atoms with Crippen LogP contribution in [0.15, 0.2) is 18.2 Å². The highest BCUT2D eigenvalue weighted by molar-refractivity contribution is 5.98. The van der Waals surface area contributed by atoms with E-state index in [0.29, 0.717) is 18.5 Å². The number of primary amides is 1. The van der Waals surface area contributed by atoms with Gasteiger partial charge >= 0.3 is 0 Å². The molecule has 1 unspecified atom stereocenters. The Hall–Kier alpha value is -2.04. The van der Waals surface area contributed by atoms with Crippen molar-refractivity contribution in [1.82, 2.24) is 4.90 Å². The minimum atomic E-state index is -0.450. The third-order valence-corrected chi connectivity index (χ3v) is 3.91. The van der Waals surface area contributed by atoms with Gasteiger partial charge in [0.2, 0.25) is 5.91 Å². The second-order valence-corrected chi connectivity index (χ2v) is 5.11. The van der Waals surface area contributed by atoms with Crippen LogP contribution in [0.3, 0.4) is 0 Å². The summed E-state index contributed by atoms with van der Waals surface area (Å²) in [6.07, 6.45) is 2.50. The number of amides is 2. The van der Waals surface area contributed by atoms with Gasteiger partial charge in [0.15, 0.2) is 0 Å². The molecule has 1 saturated heterocycles. The van der Waals surface area contributed by atoms with Gasteiger partial charge in [0.1, 0.15) is 6.04 Å². The Bertz CT molecular complexity index is 541. The van der Waals surface area contributed by atoms with Gasteiger partial charge in [0.25, 0.3) is 5.91 Å². The summed E-state index contributed by atoms with van der Waals surface area (Å²) in [6.45, 7) is 1.53. The Morgan fingerprint density at radius 3 is 3.00 bits per heavy atom. The van der Waals surface area contributed by atoms with Gasteiger partial charge in [-0.1, -0.05) is 6.07 Å². The fraction of sp³-hybridized carbons (Fsp3) is 0.429. The minimum Gasteiger partial charge on any atom is -0.384 e. The van der Waals surface area contributed by atoms with Crippen LogP contribution in [-0.4, -0.2) is 35.8 Å². The van der Waals surface area contributed by atoms with Crippen molar-refractivity contribution in [3.05, 3.63) is 29.3 Å². The molecule has 0 aliphatic carbocycles. The molecule has 1 atom stereocenters. The first-order valence-corrected chi connectivity index (χ1v) is 6.64. The smallest absolute Gasteiger partial charge is 0.254 e. The highest BCUT2D eigenvalue weighted by Crippen LogP contribution is 2.26. The van der Waals surface area contributed by atoms with Crippen LogP contribution in [0, 0.1) is 0 Å². The highest BCUT2D eigenvalue weighted by Gasteiger charge is 2.33. The number of rotatable bonds is 2. The van der Waals surface area contributed by atoms with Crippen molar-refractivity contribution in [3.63, 3.8) is 0 Å². The van der Waals surface area contributed by atoms with Gasteiger partial charge in [-0.3, -0.25) is 9.59 Å². The standard InChI is InChI=1S/C14H17N3O2/c15-13(18)12-2-1-7-17(12)14(19)10-4-3-9-5-6-16-11(9)8-10/h3-4,8,12,16H,1-2,5-7H2,(H2,15,18). The molecular formula is C14H17N3O2. The van der Waals surface area contributed by atoms with Gasteiger partial charge in [-0.05, 0) is 37.0 Å². The molecule has 3 rings (SSSR count). The SMILES string of the molecule is NC(=O)C1CCCN1C(=O)c1ccc2c(c1)NCC2. The Morgan fingerprint density at radius 1 is 1.37 bits per heavy atom. The van der Waals surface area contributed by atoms with E-state index in [0.717, 1.165) is 25.1 Å². The molecular weight excluding hydrogens is 242 g/mol. The average Bonchev–Trinajstić information content (AvgIpc) is 3.05. The van der Waals surface area contributed by atoms with E-state index in [1.54, 1.807) is 4.90 Å². The molecule has 19 heavy (non-hydrogen) atoms. The fourth-order valence-electron chi connectivity index (χ4n) is 2.90. The number of nitrogens with zero attached hydrogens (tertiary/aromatic N) is 1. The topological polar surface area (TPSA) is 75.4 Å². The van der Waals surface area contributed by atoms with Crippen LogP contribution in [0.25, 0.3) is 0 Å². The number of hydrogen-bond donors (Lipinski definition) is 2. The summed E-state index contributed by atoms with van der Waals surface area (Å²) < 4.78 is 0. The lowest BCUT2D eigenvalue weighted by Crippen LogP contribution is -2.43. The number of benzene rings is 1. The van der Waals surface area contributed by atoms with Crippen LogP contribution in [0.2, 0.25) is 0 Å². The van der Waals surface area contributed by atoms with E-state index in [4.69, 9.17) is 5.73 Å². The Morgan fingerprint density at radius 2 is 2.21 bits per heavy atom. The molecule has 1 aromatic carbocycles. The van der Waals surface area contributed by atoms with Gasteiger partial charge in [-0.2, -0.15) is 0 Å². The van der Waals surface area contributed by atoms with Gasteiger partial charge in [-0.15, -0.1) is 0 Å². The van der Waals surface area contributed by atoms with Crippen molar-refractivity contribution < 1.29 is 9.59 Å². The molecule has 1 fully saturated rings. The molecule has 2 heterocycles. The molecule has 2 aliphatic rings. The zero-order valence-electron chi connectivity index (χ0n) is 10.7. The predicted molar refractivity (Wildman–Crippen MR) is 71.9 cm³/mol. The molecule has 0 radical (unpaired) electrons. The zero-order chi connectivity index (χ0) is 13.4. The summed E-state index contributed by atoms with van der Waals surface area (Å²) in [5.41, 5.74) is 8.24. The van der Waals surface area contributed by atoms with E-state index in [-0.39, 0.29) is 5.91 Å². The summed E-state index contributed by atoms with van der Waals surface area (Å²) in [5, 5.41) is 3.26. The van der Waals surface area contributed by atoms with Gasteiger partial charge in [-0.25, -0.2) is 0 Å². The Labute approximate surface area is 111 Å². The van der Waals surface area contributed by atoms with Crippen molar-refractivity contribution in [1.29, 1.82) is 0 Å². The van der Waals surface area contributed by atoms with E-state index in [9.17, 15) is 9.59 Å². The average molecular weight is 259 g/mol. The van der Waals surface area contributed by atoms with Crippen LogP contribution < -0.4 is 11.1 Å². The summed E-state index contributed by atoms with van der Waals surface area (Å²) in [7, 11) is 0. The predicted octanol–water partition coefficient (Wildman–Crippen LogP) is 0.744. The number of hydrogen-bond acceptors (Lipinski definition) is 3. The first-order valence-electron chi connectivity index (χ1n) is 6.64. The second-order valence-electron chi connectivity index (χ2n) is 5.11. The van der Waals surface area contributed by atoms with Gasteiger partial charge in [0.05, 0.1) is 0 Å². The highest BCUT2D eigenvalue weighted by atomic mass is 16.2. The van der Waals surface area contributed by atoms with E-state index < -0.39 is 11.9 Å². The van der Waals surface area contributed by atoms with Crippen LogP contribution in [0.1, 0.15) is 28.8 Å². The van der Waals surface area contributed by atoms with Crippen LogP contribution in [-0.2, 0) is 11.2 Å². The van der Waals surface area contributed by atoms with Crippen LogP contribution in [0.4, 0.5) is 5.69 Å². The number of nitrogens with one attached hydrogen (secondary N) is 1. The number of anilines is 1. The minimum absolute atomic E-state index is 0.0993. The van der Waals surface area contributed by atoms with Crippen molar-refractivity contribution in [2.24, 2.45) is 5.73 Å². The maximum atomic E-state index is 12.5. The Balaban J connectivity index is 1.85. The van der Waals surface area contributed by atoms with Crippen molar-refractivity contribution >= 4 is 17.5 Å². The molecule has 5 heteroatoms. The molecule has 100 valence electrons. The third-order valence-electron chi connectivity index (χ3n) is 3.91. The lowest BCUT2D eigenvalue weighted by molar-refractivity contribution is -0.121. The molecule has 0 saturated carbocycles. The lowest BCUT2D eigenvalue weighted by Gasteiger charge is -2.22. The molecule has 0 aromatic heterocycles. The summed E-state index contributed by atoms with van der Waals surface area (Å²) in [6, 6.07) is 5.25. The second kappa shape index (κ2) is 4.57. The maximum absolute atomic E-state index is 12.5. The Kier molecular flexibility index (Phi) is 2.89. The molecule has 0 spiro atoms. The molecule has 0 bridgehead atoms. The van der Waals surface area contributed by atoms with E-state index in [2.05, 4.69) is 5.32 Å². The number of carbonyl (C=O) groups excluding carboxylic acids is 2. The maximum Gasteiger partial charge on any atom is 0.254 e. The number of likely N-dealkylation sites (tertiary alicyclic amines) is 1. The summed E-state index contributed by atoms with van der Waals surface area (Å²) in [5.74, 6) is -0.511. The number of carbonyl (C=O) groups is 2. The van der Waals surface area contributed by atoms with Gasteiger partial charge < -0.3 is 16.0 Å². The number of nitrogens with two attached hydrogens (primary N) is 1. The zero-order valence-corrected chi connectivity index (χ0v) is 10.7. The van der Waals surface area contributed by atoms with E-state index >= 15 is 0 Å². The van der Waals surface area contributed by atoms with E-state index in [1.807, 2.05) is 18.2 Å². The fourth-order valence-corrected chi connectivity index (χ4v) is 2.90.